The molecule has 0 saturated carbocycles. The van der Waals surface area contributed by atoms with Gasteiger partial charge in [0.2, 0.25) is 0 Å². The Labute approximate surface area is 73.8 Å². The molecule has 5 nitrogen and oxygen atoms in total. The molecule has 0 aliphatic carbocycles. The van der Waals surface area contributed by atoms with Crippen LogP contribution in [0.1, 0.15) is 0 Å². The van der Waals surface area contributed by atoms with Crippen LogP contribution in [0.15, 0.2) is 18.2 Å². The van der Waals surface area contributed by atoms with Crippen molar-refractivity contribution in [1.82, 2.24) is 0 Å². The maximum Gasteiger partial charge on any atom is 0.380 e. The fraction of sp³-hybridized carbons (Fsp3) is 0. The molecule has 0 saturated heterocycles. The number of hydrogen-bond donors (Lipinski definition) is 2. The molecule has 0 heterocycles. The first-order valence-corrected chi connectivity index (χ1v) is 4.56. The molecule has 0 bridgehead atoms. The zero-order valence-electron chi connectivity index (χ0n) is 6.27. The van der Waals surface area contributed by atoms with Crippen molar-refractivity contribution in [2.75, 3.05) is 0 Å². The number of phenolic OH excluding ortho intramolecular Hbond substituents is 1. The second kappa shape index (κ2) is 3.19. The topological polar surface area (TPSA) is 89.6 Å². The highest BCUT2D eigenvalue weighted by molar-refractivity contribution is 7.84. The van der Waals surface area contributed by atoms with Gasteiger partial charge in [-0.25, -0.2) is 4.39 Å². The van der Waals surface area contributed by atoms with Crippen molar-refractivity contribution in [2.24, 2.45) is 5.14 Å². The second-order valence-corrected chi connectivity index (χ2v) is 3.34. The van der Waals surface area contributed by atoms with E-state index in [2.05, 4.69) is 9.32 Å². The van der Waals surface area contributed by atoms with Gasteiger partial charge >= 0.3 is 10.3 Å². The highest BCUT2D eigenvalue weighted by Crippen LogP contribution is 2.21. The molecule has 0 atom stereocenters. The number of nitrogens with two attached hydrogens (primary N) is 1. The molecular weight excluding hydrogens is 201 g/mol. The Morgan fingerprint density at radius 3 is 2.54 bits per heavy atom. The molecule has 13 heavy (non-hydrogen) atoms. The first-order valence-electron chi connectivity index (χ1n) is 3.09. The summed E-state index contributed by atoms with van der Waals surface area (Å²) in [4.78, 5) is 0. The zero-order chi connectivity index (χ0) is 10.1. The lowest BCUT2D eigenvalue weighted by Gasteiger charge is -2.02. The molecule has 0 unspecified atom stereocenters. The summed E-state index contributed by atoms with van der Waals surface area (Å²) in [7, 11) is -4.23. The van der Waals surface area contributed by atoms with Crippen LogP contribution in [0.25, 0.3) is 0 Å². The lowest BCUT2D eigenvalue weighted by Crippen LogP contribution is -2.19. The number of rotatable bonds is 2. The van der Waals surface area contributed by atoms with E-state index in [0.717, 1.165) is 12.1 Å². The van der Waals surface area contributed by atoms with Crippen LogP contribution < -0.4 is 9.32 Å². The van der Waals surface area contributed by atoms with Gasteiger partial charge in [-0.1, -0.05) is 0 Å². The predicted octanol–water partition coefficient (Wildman–Crippen LogP) is 0.114. The lowest BCUT2D eigenvalue weighted by molar-refractivity contribution is 0.446. The minimum absolute atomic E-state index is 0.334. The SMILES string of the molecule is NS(=O)(=O)Oc1ccc(O)cc1F. The molecule has 0 radical (unpaired) electrons. The quantitative estimate of drug-likeness (QED) is 0.720. The largest absolute Gasteiger partial charge is 0.508 e. The highest BCUT2D eigenvalue weighted by atomic mass is 32.2. The van der Waals surface area contributed by atoms with E-state index in [1.807, 2.05) is 0 Å². The lowest BCUT2D eigenvalue weighted by atomic mass is 10.3. The van der Waals surface area contributed by atoms with E-state index in [0.29, 0.717) is 6.07 Å². The smallest absolute Gasteiger partial charge is 0.380 e. The van der Waals surface area contributed by atoms with Crippen LogP contribution in [0.3, 0.4) is 0 Å². The van der Waals surface area contributed by atoms with Gasteiger partial charge in [0.15, 0.2) is 11.6 Å². The van der Waals surface area contributed by atoms with Crippen LogP contribution >= 0.6 is 0 Å². The standard InChI is InChI=1S/C6H6FNO4S/c7-5-3-4(9)1-2-6(5)12-13(8,10)11/h1-3,9H,(H2,8,10,11). The van der Waals surface area contributed by atoms with Crippen molar-refractivity contribution < 1.29 is 22.1 Å². The average Bonchev–Trinajstić information content (AvgIpc) is 1.93. The molecule has 0 spiro atoms. The minimum atomic E-state index is -4.23. The van der Waals surface area contributed by atoms with E-state index < -0.39 is 21.9 Å². The first-order chi connectivity index (χ1) is 5.88. The van der Waals surface area contributed by atoms with Gasteiger partial charge in [-0.15, -0.1) is 0 Å². The summed E-state index contributed by atoms with van der Waals surface area (Å²) in [6.45, 7) is 0. The van der Waals surface area contributed by atoms with Crippen molar-refractivity contribution in [1.29, 1.82) is 0 Å². The summed E-state index contributed by atoms with van der Waals surface area (Å²) in [5.74, 6) is -1.89. The Kier molecular flexibility index (Phi) is 2.39. The third kappa shape index (κ3) is 2.88. The molecule has 7 heteroatoms. The molecule has 72 valence electrons. The summed E-state index contributed by atoms with van der Waals surface area (Å²) in [5.41, 5.74) is 0. The van der Waals surface area contributed by atoms with Crippen molar-refractivity contribution in [3.8, 4) is 11.5 Å². The highest BCUT2D eigenvalue weighted by Gasteiger charge is 2.10. The van der Waals surface area contributed by atoms with Crippen LogP contribution in [0.5, 0.6) is 11.5 Å². The normalized spacial score (nSPS) is 11.2. The molecule has 1 rings (SSSR count). The fourth-order valence-corrected chi connectivity index (χ4v) is 1.07. The zero-order valence-corrected chi connectivity index (χ0v) is 7.08. The van der Waals surface area contributed by atoms with Crippen molar-refractivity contribution >= 4 is 10.3 Å². The van der Waals surface area contributed by atoms with Crippen molar-refractivity contribution in [3.63, 3.8) is 0 Å². The predicted molar refractivity (Wildman–Crippen MR) is 41.8 cm³/mol. The first kappa shape index (κ1) is 9.75. The summed E-state index contributed by atoms with van der Waals surface area (Å²) < 4.78 is 37.6. The van der Waals surface area contributed by atoms with Crippen LogP contribution in [0.4, 0.5) is 4.39 Å². The van der Waals surface area contributed by atoms with Crippen LogP contribution in [-0.4, -0.2) is 13.5 Å². The molecular formula is C6H6FNO4S. The Morgan fingerprint density at radius 1 is 1.46 bits per heavy atom. The van der Waals surface area contributed by atoms with Crippen molar-refractivity contribution in [3.05, 3.63) is 24.0 Å². The van der Waals surface area contributed by atoms with E-state index >= 15 is 0 Å². The molecule has 0 amide bonds. The second-order valence-electron chi connectivity index (χ2n) is 2.19. The Morgan fingerprint density at radius 2 is 2.08 bits per heavy atom. The molecule has 0 aliphatic heterocycles. The van der Waals surface area contributed by atoms with Gasteiger partial charge in [-0.05, 0) is 12.1 Å². The molecule has 0 aliphatic rings. The fourth-order valence-electron chi connectivity index (χ4n) is 0.682. The third-order valence-corrected chi connectivity index (χ3v) is 1.53. The van der Waals surface area contributed by atoms with E-state index in [-0.39, 0.29) is 5.75 Å². The van der Waals surface area contributed by atoms with E-state index in [4.69, 9.17) is 5.11 Å². The Hall–Kier alpha value is -1.34. The van der Waals surface area contributed by atoms with Gasteiger partial charge in [0.1, 0.15) is 5.75 Å². The maximum atomic E-state index is 12.8. The summed E-state index contributed by atoms with van der Waals surface area (Å²) in [5, 5.41) is 13.3. The monoisotopic (exact) mass is 207 g/mol. The number of aromatic hydroxyl groups is 1. The summed E-state index contributed by atoms with van der Waals surface area (Å²) >= 11 is 0. The van der Waals surface area contributed by atoms with E-state index in [9.17, 15) is 12.8 Å². The van der Waals surface area contributed by atoms with Crippen LogP contribution in [0.2, 0.25) is 0 Å². The average molecular weight is 207 g/mol. The van der Waals surface area contributed by atoms with Crippen molar-refractivity contribution in [2.45, 2.75) is 0 Å². The summed E-state index contributed by atoms with van der Waals surface area (Å²) in [6, 6.07) is 2.74. The van der Waals surface area contributed by atoms with E-state index in [1.54, 1.807) is 0 Å². The summed E-state index contributed by atoms with van der Waals surface area (Å²) in [6.07, 6.45) is 0. The van der Waals surface area contributed by atoms with Gasteiger partial charge in [-0.3, -0.25) is 0 Å². The van der Waals surface area contributed by atoms with Gasteiger partial charge in [0.25, 0.3) is 0 Å². The number of halogens is 1. The third-order valence-electron chi connectivity index (χ3n) is 1.12. The number of hydrogen-bond acceptors (Lipinski definition) is 4. The Balaban J connectivity index is 3.04. The molecule has 1 aromatic carbocycles. The van der Waals surface area contributed by atoms with Crippen LogP contribution in [0, 0.1) is 5.82 Å². The Bertz CT molecular complexity index is 417. The van der Waals surface area contributed by atoms with Gasteiger partial charge < -0.3 is 9.29 Å². The molecule has 1 aromatic rings. The molecule has 3 N–H and O–H groups in total. The van der Waals surface area contributed by atoms with Gasteiger partial charge in [0, 0.05) is 6.07 Å². The van der Waals surface area contributed by atoms with Gasteiger partial charge in [-0.2, -0.15) is 13.6 Å². The molecule has 0 aromatic heterocycles. The van der Waals surface area contributed by atoms with Gasteiger partial charge in [0.05, 0.1) is 0 Å². The van der Waals surface area contributed by atoms with Crippen LogP contribution in [-0.2, 0) is 10.3 Å². The number of phenols is 1. The number of benzene rings is 1. The van der Waals surface area contributed by atoms with E-state index in [1.165, 1.54) is 0 Å². The minimum Gasteiger partial charge on any atom is -0.508 e. The molecule has 0 fully saturated rings. The maximum absolute atomic E-state index is 12.8.